The van der Waals surface area contributed by atoms with Gasteiger partial charge in [-0.1, -0.05) is 17.2 Å². The van der Waals surface area contributed by atoms with Gasteiger partial charge >= 0.3 is 5.97 Å². The largest absolute Gasteiger partial charge is 0.371 e. The average molecular weight is 355 g/mol. The fraction of sp³-hybridized carbons (Fsp3) is 0.0625. The van der Waals surface area contributed by atoms with Crippen molar-refractivity contribution in [2.75, 3.05) is 0 Å². The lowest BCUT2D eigenvalue weighted by Crippen LogP contribution is -2.35. The highest BCUT2D eigenvalue weighted by Crippen LogP contribution is 2.23. The van der Waals surface area contributed by atoms with Gasteiger partial charge in [0.2, 0.25) is 0 Å². The van der Waals surface area contributed by atoms with E-state index in [-0.39, 0.29) is 16.7 Å². The zero-order valence-electron chi connectivity index (χ0n) is 12.8. The highest BCUT2D eigenvalue weighted by Gasteiger charge is 2.39. The first kappa shape index (κ1) is 15.2. The normalized spacial score (nSPS) is 13.4. The van der Waals surface area contributed by atoms with E-state index in [0.29, 0.717) is 15.7 Å². The number of rotatable bonds is 2. The van der Waals surface area contributed by atoms with Gasteiger partial charge in [0.25, 0.3) is 17.4 Å². The number of hydrogen-bond donors (Lipinski definition) is 0. The summed E-state index contributed by atoms with van der Waals surface area (Å²) in [7, 11) is 0. The van der Waals surface area contributed by atoms with Gasteiger partial charge in [-0.3, -0.25) is 18.8 Å². The molecule has 0 aliphatic carbocycles. The number of fused-ring (bicyclic) bond motifs is 2. The molecule has 0 fully saturated rings. The number of amides is 2. The Hall–Kier alpha value is -3.33. The molecule has 0 N–H and O–H groups in total. The molecule has 124 valence electrons. The smallest absolute Gasteiger partial charge is 0.324 e. The van der Waals surface area contributed by atoms with Gasteiger partial charge in [0.05, 0.1) is 17.3 Å². The molecule has 0 saturated carbocycles. The minimum Gasteiger partial charge on any atom is -0.324 e. The highest BCUT2D eigenvalue weighted by molar-refractivity contribution is 7.15. The van der Waals surface area contributed by atoms with E-state index in [1.54, 1.807) is 24.4 Å². The Bertz CT molecular complexity index is 1100. The third kappa shape index (κ3) is 2.17. The summed E-state index contributed by atoms with van der Waals surface area (Å²) in [4.78, 5) is 58.6. The Kier molecular flexibility index (Phi) is 3.25. The molecule has 0 saturated heterocycles. The van der Waals surface area contributed by atoms with E-state index in [9.17, 15) is 19.2 Å². The zero-order chi connectivity index (χ0) is 17.7. The molecule has 3 heterocycles. The lowest BCUT2D eigenvalue weighted by Gasteiger charge is -2.12. The minimum atomic E-state index is -1.12. The molecule has 3 aromatic rings. The van der Waals surface area contributed by atoms with Crippen LogP contribution in [0.15, 0.2) is 40.6 Å². The molecule has 0 radical (unpaired) electrons. The summed E-state index contributed by atoms with van der Waals surface area (Å²) in [5.74, 6) is -2.63. The van der Waals surface area contributed by atoms with Crippen molar-refractivity contribution >= 4 is 34.1 Å². The van der Waals surface area contributed by atoms with Crippen LogP contribution in [-0.4, -0.2) is 32.2 Å². The third-order valence-electron chi connectivity index (χ3n) is 3.77. The topological polar surface area (TPSA) is 98.0 Å². The standard InChI is InChI=1S/C16H9N3O5S/c1-8-7-25-16-17-6-11(12(20)18(8)16)15(23)24-19-13(21)9-4-2-3-5-10(9)14(19)22/h2-7H,1H3. The Balaban J connectivity index is 1.69. The van der Waals surface area contributed by atoms with E-state index in [2.05, 4.69) is 4.98 Å². The second-order valence-electron chi connectivity index (χ2n) is 5.30. The molecule has 8 nitrogen and oxygen atoms in total. The first-order chi connectivity index (χ1) is 12.0. The van der Waals surface area contributed by atoms with E-state index in [0.717, 1.165) is 6.20 Å². The number of carbonyl (C=O) groups is 3. The number of hydrogen-bond acceptors (Lipinski definition) is 7. The van der Waals surface area contributed by atoms with Gasteiger partial charge in [-0.2, -0.15) is 0 Å². The summed E-state index contributed by atoms with van der Waals surface area (Å²) in [5, 5.41) is 2.09. The Morgan fingerprint density at radius 1 is 1.12 bits per heavy atom. The quantitative estimate of drug-likeness (QED) is 0.645. The first-order valence-electron chi connectivity index (χ1n) is 7.15. The molecule has 0 bridgehead atoms. The van der Waals surface area contributed by atoms with Gasteiger partial charge in [0.1, 0.15) is 5.56 Å². The summed E-state index contributed by atoms with van der Waals surface area (Å²) < 4.78 is 1.27. The maximum absolute atomic E-state index is 12.4. The van der Waals surface area contributed by atoms with Crippen molar-refractivity contribution in [3.8, 4) is 0 Å². The van der Waals surface area contributed by atoms with Crippen molar-refractivity contribution in [2.24, 2.45) is 0 Å². The Morgan fingerprint density at radius 2 is 1.76 bits per heavy atom. The molecular weight excluding hydrogens is 346 g/mol. The molecule has 0 unspecified atom stereocenters. The molecule has 1 aliphatic rings. The van der Waals surface area contributed by atoms with Crippen LogP contribution in [0.5, 0.6) is 0 Å². The predicted octanol–water partition coefficient (Wildman–Crippen LogP) is 1.43. The van der Waals surface area contributed by atoms with Crippen LogP contribution in [0.2, 0.25) is 0 Å². The van der Waals surface area contributed by atoms with E-state index in [1.165, 1.54) is 27.9 Å². The van der Waals surface area contributed by atoms with Crippen LogP contribution >= 0.6 is 11.3 Å². The lowest BCUT2D eigenvalue weighted by molar-refractivity contribution is -0.0586. The van der Waals surface area contributed by atoms with Crippen LogP contribution in [0.1, 0.15) is 36.8 Å². The van der Waals surface area contributed by atoms with Crippen LogP contribution in [0, 0.1) is 6.92 Å². The van der Waals surface area contributed by atoms with Crippen LogP contribution in [0.25, 0.3) is 4.96 Å². The summed E-state index contributed by atoms with van der Waals surface area (Å²) in [6, 6.07) is 6.11. The molecule has 2 amide bonds. The van der Waals surface area contributed by atoms with E-state index < -0.39 is 23.3 Å². The zero-order valence-corrected chi connectivity index (χ0v) is 13.6. The summed E-state index contributed by atoms with van der Waals surface area (Å²) in [5.41, 5.74) is -0.0904. The summed E-state index contributed by atoms with van der Waals surface area (Å²) in [6.07, 6.45) is 1.08. The van der Waals surface area contributed by atoms with E-state index in [4.69, 9.17) is 4.84 Å². The van der Waals surface area contributed by atoms with E-state index >= 15 is 0 Å². The second-order valence-corrected chi connectivity index (χ2v) is 6.14. The monoisotopic (exact) mass is 355 g/mol. The Morgan fingerprint density at radius 3 is 2.40 bits per heavy atom. The van der Waals surface area contributed by atoms with Crippen molar-refractivity contribution in [1.82, 2.24) is 14.4 Å². The molecule has 25 heavy (non-hydrogen) atoms. The predicted molar refractivity (Wildman–Crippen MR) is 86.4 cm³/mol. The minimum absolute atomic E-state index is 0.138. The fourth-order valence-corrected chi connectivity index (χ4v) is 3.37. The van der Waals surface area contributed by atoms with Crippen LogP contribution < -0.4 is 5.56 Å². The highest BCUT2D eigenvalue weighted by atomic mass is 32.1. The van der Waals surface area contributed by atoms with E-state index in [1.807, 2.05) is 0 Å². The first-order valence-corrected chi connectivity index (χ1v) is 8.03. The number of aryl methyl sites for hydroxylation is 1. The Labute approximate surface area is 143 Å². The SMILES string of the molecule is Cc1csc2ncc(C(=O)ON3C(=O)c4ccccc4C3=O)c(=O)n12. The number of hydroxylamine groups is 2. The van der Waals surface area contributed by atoms with Gasteiger partial charge in [0, 0.05) is 11.1 Å². The number of carbonyl (C=O) groups excluding carboxylic acids is 3. The van der Waals surface area contributed by atoms with Crippen LogP contribution in [-0.2, 0) is 4.84 Å². The van der Waals surface area contributed by atoms with Gasteiger partial charge in [-0.05, 0) is 19.1 Å². The number of thiazole rings is 1. The number of imide groups is 1. The molecule has 9 heteroatoms. The molecule has 1 aliphatic heterocycles. The molecular formula is C16H9N3O5S. The number of benzene rings is 1. The average Bonchev–Trinajstić information content (AvgIpc) is 3.10. The molecule has 2 aromatic heterocycles. The van der Waals surface area contributed by atoms with Crippen molar-refractivity contribution in [1.29, 1.82) is 0 Å². The van der Waals surface area contributed by atoms with Crippen LogP contribution in [0.4, 0.5) is 0 Å². The van der Waals surface area contributed by atoms with Gasteiger partial charge in [-0.25, -0.2) is 9.78 Å². The summed E-state index contributed by atoms with van der Waals surface area (Å²) in [6.45, 7) is 1.70. The molecule has 1 aromatic carbocycles. The molecule has 0 atom stereocenters. The molecule has 0 spiro atoms. The molecule has 4 rings (SSSR count). The lowest BCUT2D eigenvalue weighted by atomic mass is 10.1. The van der Waals surface area contributed by atoms with Crippen LogP contribution in [0.3, 0.4) is 0 Å². The third-order valence-corrected chi connectivity index (χ3v) is 4.73. The summed E-state index contributed by atoms with van der Waals surface area (Å²) >= 11 is 1.25. The van der Waals surface area contributed by atoms with Crippen molar-refractivity contribution in [3.05, 3.63) is 68.6 Å². The van der Waals surface area contributed by atoms with Gasteiger partial charge < -0.3 is 4.84 Å². The van der Waals surface area contributed by atoms with Crippen molar-refractivity contribution in [2.45, 2.75) is 6.92 Å². The number of aromatic nitrogens is 2. The second kappa shape index (κ2) is 5.35. The van der Waals surface area contributed by atoms with Crippen molar-refractivity contribution in [3.63, 3.8) is 0 Å². The van der Waals surface area contributed by atoms with Gasteiger partial charge in [-0.15, -0.1) is 11.3 Å². The fourth-order valence-electron chi connectivity index (χ4n) is 2.55. The maximum atomic E-state index is 12.4. The number of nitrogens with zero attached hydrogens (tertiary/aromatic N) is 3. The van der Waals surface area contributed by atoms with Crippen molar-refractivity contribution < 1.29 is 19.2 Å². The maximum Gasteiger partial charge on any atom is 0.371 e. The van der Waals surface area contributed by atoms with Gasteiger partial charge in [0.15, 0.2) is 4.96 Å².